The van der Waals surface area contributed by atoms with E-state index < -0.39 is 8.07 Å². The minimum Gasteiger partial charge on any atom is -1.00 e. The fourth-order valence-electron chi connectivity index (χ4n) is 16.4. The number of aromatic nitrogens is 11. The summed E-state index contributed by atoms with van der Waals surface area (Å²) >= 11 is 30.1. The van der Waals surface area contributed by atoms with Gasteiger partial charge in [0.2, 0.25) is 31.2 Å². The molecule has 0 radical (unpaired) electrons. The van der Waals surface area contributed by atoms with Gasteiger partial charge in [0.15, 0.2) is 0 Å². The average molecular weight is 1840 g/mol. The van der Waals surface area contributed by atoms with Crippen molar-refractivity contribution in [2.24, 2.45) is 0 Å². The maximum Gasteiger partial charge on any atom is 1.00 e. The summed E-state index contributed by atoms with van der Waals surface area (Å²) in [7, 11) is -2.96. The third kappa shape index (κ3) is 18.0. The molecule has 23 aromatic rings. The van der Waals surface area contributed by atoms with Crippen molar-refractivity contribution in [2.45, 2.75) is 26.2 Å². The van der Waals surface area contributed by atoms with Crippen molar-refractivity contribution < 1.29 is 49.8 Å². The standard InChI is InChI=1S/C40H27N3SSi.2C16H10ClN3.C13H10.C12H7BrS.C4H2Cl2N2.C4H9.Li.Na.H/c1-3-14-28(15-4-1)45(29-16-5-2-6-17-29,37-25-13-21-33-32-20-9-12-24-36(32)44-39(33)37)38-26-27-41-40(42-38)43-34-22-10-7-18-30(34)31-19-8-11-23-35(31)43;2*17-15-9-10-18-16(19-15)20-13-7-3-1-5-11(13)12-6-2-4-8-14(12)20;1-3-7-12-10(5-1)9-11-6-2-4-8-13(11)12;13-10-6-3-5-9-8-4-1-2-7-11(8)14-12(9)10;5-3-1-2-7-4(6)8-3;1-3-4-2;;;/h1-27H;2*1-10H;1-8H,9H2;1-7H;1-2H;1,3-4H2,2H3;;;/q;;;;;;-1;2*+1;-1. The van der Waals surface area contributed by atoms with Crippen LogP contribution >= 0.6 is 85.0 Å². The van der Waals surface area contributed by atoms with Crippen LogP contribution in [-0.4, -0.2) is 61.6 Å². The predicted molar refractivity (Wildman–Crippen MR) is 531 cm³/mol. The van der Waals surface area contributed by atoms with E-state index in [9.17, 15) is 0 Å². The largest absolute Gasteiger partial charge is 1.00 e. The molecule has 0 bridgehead atoms. The summed E-state index contributed by atoms with van der Waals surface area (Å²) < 4.78 is 12.8. The van der Waals surface area contributed by atoms with Gasteiger partial charge in [0.05, 0.1) is 33.1 Å². The zero-order valence-corrected chi connectivity index (χ0v) is 78.1. The van der Waals surface area contributed by atoms with E-state index in [2.05, 4.69) is 362 Å². The number of para-hydroxylation sites is 6. The smallest absolute Gasteiger partial charge is 1.00 e. The van der Waals surface area contributed by atoms with Gasteiger partial charge < -0.3 is 8.35 Å². The Kier molecular flexibility index (Phi) is 28.4. The Morgan fingerprint density at radius 3 is 1.05 bits per heavy atom. The van der Waals surface area contributed by atoms with Crippen molar-refractivity contribution >= 4 is 220 Å². The Morgan fingerprint density at radius 2 is 0.659 bits per heavy atom. The summed E-state index contributed by atoms with van der Waals surface area (Å²) in [5.41, 5.74) is 12.3. The number of nitrogens with zero attached hydrogens (tertiary/aromatic N) is 11. The quantitative estimate of drug-likeness (QED) is 0.0485. The molecule has 9 heterocycles. The van der Waals surface area contributed by atoms with E-state index in [0.717, 1.165) is 51.3 Å². The maximum atomic E-state index is 6.00. The van der Waals surface area contributed by atoms with E-state index >= 15 is 0 Å². The van der Waals surface area contributed by atoms with Gasteiger partial charge >= 0.3 is 48.4 Å². The Morgan fingerprint density at radius 1 is 0.341 bits per heavy atom. The topological polar surface area (TPSA) is 118 Å². The van der Waals surface area contributed by atoms with Crippen LogP contribution in [0.25, 0.3) is 135 Å². The van der Waals surface area contributed by atoms with Crippen molar-refractivity contribution in [3.05, 3.63) is 432 Å². The van der Waals surface area contributed by atoms with Crippen molar-refractivity contribution in [3.63, 3.8) is 0 Å². The van der Waals surface area contributed by atoms with Crippen LogP contribution in [0.4, 0.5) is 0 Å². The third-order valence-corrected chi connectivity index (χ3v) is 30.8. The Balaban J connectivity index is 0.000000127. The van der Waals surface area contributed by atoms with Gasteiger partial charge in [0.1, 0.15) is 15.5 Å². The zero-order valence-electron chi connectivity index (χ0n) is 69.9. The molecule has 11 nitrogen and oxygen atoms in total. The van der Waals surface area contributed by atoms with Gasteiger partial charge in [-0.2, -0.15) is 6.42 Å². The molecule has 14 aromatic carbocycles. The molecule has 0 atom stereocenters. The summed E-state index contributed by atoms with van der Waals surface area (Å²) in [6.45, 7) is 5.72. The molecule has 0 amide bonds. The molecule has 0 spiro atoms. The summed E-state index contributed by atoms with van der Waals surface area (Å²) in [5, 5.41) is 18.9. The molecule has 0 unspecified atom stereocenters. The number of halogens is 5. The summed E-state index contributed by atoms with van der Waals surface area (Å²) in [5.74, 6) is 1.88. The molecule has 604 valence electrons. The maximum absolute atomic E-state index is 6.00. The zero-order chi connectivity index (χ0) is 84.5. The summed E-state index contributed by atoms with van der Waals surface area (Å²) in [6.07, 6.45) is 10.2. The number of hydrogen-bond acceptors (Lipinski definition) is 10. The molecule has 126 heavy (non-hydrogen) atoms. The molecule has 24 rings (SSSR count). The molecule has 0 aliphatic heterocycles. The van der Waals surface area contributed by atoms with Crippen LogP contribution in [0.5, 0.6) is 0 Å². The Labute approximate surface area is 802 Å². The predicted octanol–water partition coefficient (Wildman–Crippen LogP) is 21.4. The van der Waals surface area contributed by atoms with E-state index in [0.29, 0.717) is 33.3 Å². The van der Waals surface area contributed by atoms with Gasteiger partial charge in [-0.05, 0) is 151 Å². The van der Waals surface area contributed by atoms with E-state index in [4.69, 9.17) is 56.4 Å². The van der Waals surface area contributed by atoms with Gasteiger partial charge in [-0.25, -0.2) is 39.9 Å². The minimum atomic E-state index is -2.96. The first-order valence-electron chi connectivity index (χ1n) is 40.5. The van der Waals surface area contributed by atoms with Crippen molar-refractivity contribution in [1.29, 1.82) is 0 Å². The second-order valence-corrected chi connectivity index (χ2v) is 37.3. The van der Waals surface area contributed by atoms with Gasteiger partial charge in [-0.1, -0.05) is 333 Å². The second kappa shape index (κ2) is 40.6. The molecule has 0 N–H and O–H groups in total. The number of hydrogen-bond donors (Lipinski definition) is 0. The van der Waals surface area contributed by atoms with Crippen LogP contribution < -0.4 is 69.3 Å². The molecule has 21 heteroatoms. The number of benzene rings is 14. The first-order valence-corrected chi connectivity index (χ1v) is 46.4. The SMILES string of the molecule is Brc1cccc2c1sc1ccccc12.Clc1ccnc(-n2c3ccccc3c3ccccc32)n1.Clc1ccnc(-n2c3ccccc3c3ccccc32)n1.Clc1ccnc(Cl)n1.[CH2-]CCC.[H-].[Li+].[Na+].c1ccc([Si](c2ccccc2)(c2ccnc(-n3c4ccccc4c4ccccc43)n2)c2cccc3c2sc2ccccc23)cc1.c1ccc2c(c1)Cc1ccccc1-2. The fraction of sp³-hybridized carbons (Fsp3) is 0.0381. The van der Waals surface area contributed by atoms with Crippen LogP contribution in [0, 0.1) is 6.92 Å². The molecule has 0 saturated carbocycles. The first-order chi connectivity index (χ1) is 61.0. The normalized spacial score (nSPS) is 11.2. The number of unbranched alkanes of at least 4 members (excludes halogenated alkanes) is 1. The Hall–Kier alpha value is -11.3. The first kappa shape index (κ1) is 88.1. The molecule has 0 saturated heterocycles. The monoisotopic (exact) mass is 1830 g/mol. The molecular formula is C105H76BrCl4LiN11NaS2Si. The fourth-order valence-corrected chi connectivity index (χ4v) is 25.0. The molecule has 0 fully saturated rings. The Bertz CT molecular complexity index is 7380. The minimum absolute atomic E-state index is 0. The number of thiophene rings is 2. The van der Waals surface area contributed by atoms with E-state index in [1.807, 2.05) is 86.5 Å². The summed E-state index contributed by atoms with van der Waals surface area (Å²) in [6, 6.07) is 127. The molecule has 9 aromatic heterocycles. The van der Waals surface area contributed by atoms with Crippen molar-refractivity contribution in [1.82, 2.24) is 53.6 Å². The molecule has 1 aliphatic rings. The van der Waals surface area contributed by atoms with E-state index in [1.54, 1.807) is 30.6 Å². The van der Waals surface area contributed by atoms with Gasteiger partial charge in [-0.3, -0.25) is 13.7 Å². The van der Waals surface area contributed by atoms with Crippen LogP contribution in [0.3, 0.4) is 0 Å². The molecular weight excluding hydrogens is 1760 g/mol. The van der Waals surface area contributed by atoms with Crippen molar-refractivity contribution in [2.75, 3.05) is 0 Å². The number of fused-ring (bicyclic) bond motifs is 18. The van der Waals surface area contributed by atoms with Gasteiger partial charge in [0, 0.05) is 107 Å². The van der Waals surface area contributed by atoms with Crippen LogP contribution in [0.1, 0.15) is 32.3 Å². The number of rotatable bonds is 8. The van der Waals surface area contributed by atoms with Crippen LogP contribution in [-0.2, 0) is 6.42 Å². The van der Waals surface area contributed by atoms with E-state index in [1.165, 1.54) is 128 Å². The summed E-state index contributed by atoms with van der Waals surface area (Å²) in [4.78, 5) is 35.1. The van der Waals surface area contributed by atoms with Crippen LogP contribution in [0.15, 0.2) is 393 Å². The average Bonchev–Trinajstić information content (AvgIpc) is 1.67. The second-order valence-electron chi connectivity index (χ2n) is 29.2. The van der Waals surface area contributed by atoms with Gasteiger partial charge in [-0.15, -0.1) is 22.7 Å². The van der Waals surface area contributed by atoms with Crippen LogP contribution in [0.2, 0.25) is 20.7 Å². The van der Waals surface area contributed by atoms with E-state index in [-0.39, 0.29) is 55.1 Å². The van der Waals surface area contributed by atoms with Gasteiger partial charge in [0.25, 0.3) is 0 Å². The molecule has 1 aliphatic carbocycles. The third-order valence-electron chi connectivity index (χ3n) is 21.8. The van der Waals surface area contributed by atoms with Crippen molar-refractivity contribution in [3.8, 4) is 29.0 Å².